The Hall–Kier alpha value is -2.41. The van der Waals surface area contributed by atoms with E-state index in [0.717, 1.165) is 41.9 Å². The molecular weight excluding hydrogens is 354 g/mol. The van der Waals surface area contributed by atoms with Crippen molar-refractivity contribution in [3.05, 3.63) is 40.8 Å². The van der Waals surface area contributed by atoms with Gasteiger partial charge in [-0.15, -0.1) is 0 Å². The van der Waals surface area contributed by atoms with Gasteiger partial charge in [0.1, 0.15) is 11.9 Å². The number of carbonyl (C=O) groups excluding carboxylic acids is 1. The Morgan fingerprint density at radius 2 is 2.23 bits per heavy atom. The second-order valence-corrected chi connectivity index (χ2v) is 7.66. The summed E-state index contributed by atoms with van der Waals surface area (Å²) in [7, 11) is 0. The van der Waals surface area contributed by atoms with Crippen LogP contribution in [-0.4, -0.2) is 26.0 Å². The van der Waals surface area contributed by atoms with Gasteiger partial charge in [-0.2, -0.15) is 4.98 Å². The van der Waals surface area contributed by atoms with E-state index >= 15 is 0 Å². The molecule has 2 heterocycles. The number of imidazole rings is 1. The molecule has 0 saturated heterocycles. The maximum Gasteiger partial charge on any atom is 0.248 e. The summed E-state index contributed by atoms with van der Waals surface area (Å²) in [6.45, 7) is 1.86. The van der Waals surface area contributed by atoms with E-state index in [-0.39, 0.29) is 23.8 Å². The number of fused-ring (bicyclic) bond motifs is 1. The van der Waals surface area contributed by atoms with Crippen LogP contribution in [0.5, 0.6) is 0 Å². The molecule has 26 heavy (non-hydrogen) atoms. The molecule has 5 rings (SSSR count). The van der Waals surface area contributed by atoms with Gasteiger partial charge in [-0.05, 0) is 44.4 Å². The molecule has 2 saturated carbocycles. The number of hydrogen-bond acceptors (Lipinski definition) is 5. The second-order valence-electron chi connectivity index (χ2n) is 7.23. The van der Waals surface area contributed by atoms with E-state index in [4.69, 9.17) is 16.1 Å². The van der Waals surface area contributed by atoms with Gasteiger partial charge in [0.15, 0.2) is 5.82 Å². The first kappa shape index (κ1) is 15.8. The third-order valence-electron chi connectivity index (χ3n) is 5.07. The zero-order valence-electron chi connectivity index (χ0n) is 14.2. The highest BCUT2D eigenvalue weighted by molar-refractivity contribution is 6.31. The molecule has 2 aliphatic rings. The molecule has 0 bridgehead atoms. The number of carbonyl (C=O) groups is 1. The van der Waals surface area contributed by atoms with Crippen LogP contribution in [0.15, 0.2) is 22.7 Å². The van der Waals surface area contributed by atoms with Gasteiger partial charge in [-0.25, -0.2) is 4.98 Å². The van der Waals surface area contributed by atoms with Crippen LogP contribution in [0.1, 0.15) is 61.6 Å². The predicted molar refractivity (Wildman–Crippen MR) is 94.8 cm³/mol. The highest BCUT2D eigenvalue weighted by Gasteiger charge is 2.46. The number of nitrogens with zero attached hydrogens (tertiary/aromatic N) is 3. The monoisotopic (exact) mass is 371 g/mol. The van der Waals surface area contributed by atoms with Crippen molar-refractivity contribution < 1.29 is 9.32 Å². The van der Waals surface area contributed by atoms with Crippen LogP contribution in [0, 0.1) is 5.92 Å². The Balaban J connectivity index is 1.24. The fourth-order valence-electron chi connectivity index (χ4n) is 3.27. The molecule has 3 atom stereocenters. The number of aromatic nitrogens is 4. The van der Waals surface area contributed by atoms with Crippen molar-refractivity contribution in [3.8, 4) is 0 Å². The van der Waals surface area contributed by atoms with Gasteiger partial charge in [0.25, 0.3) is 0 Å². The Morgan fingerprint density at radius 1 is 1.38 bits per heavy atom. The Kier molecular flexibility index (Phi) is 3.53. The van der Waals surface area contributed by atoms with Crippen molar-refractivity contribution in [2.75, 3.05) is 0 Å². The number of H-pyrrole nitrogens is 1. The van der Waals surface area contributed by atoms with E-state index in [1.54, 1.807) is 0 Å². The van der Waals surface area contributed by atoms with E-state index in [0.29, 0.717) is 16.8 Å². The predicted octanol–water partition coefficient (Wildman–Crippen LogP) is 3.46. The molecule has 0 unspecified atom stereocenters. The minimum atomic E-state index is -0.293. The van der Waals surface area contributed by atoms with Crippen LogP contribution in [0.3, 0.4) is 0 Å². The lowest BCUT2D eigenvalue weighted by Gasteiger charge is -2.09. The molecule has 1 aromatic carbocycles. The minimum absolute atomic E-state index is 0.00726. The number of nitrogens with one attached hydrogen (secondary N) is 2. The van der Waals surface area contributed by atoms with Crippen LogP contribution >= 0.6 is 11.6 Å². The minimum Gasteiger partial charge on any atom is -0.344 e. The smallest absolute Gasteiger partial charge is 0.248 e. The van der Waals surface area contributed by atoms with E-state index < -0.39 is 0 Å². The van der Waals surface area contributed by atoms with Gasteiger partial charge < -0.3 is 14.8 Å². The van der Waals surface area contributed by atoms with Crippen LogP contribution in [0.2, 0.25) is 5.02 Å². The van der Waals surface area contributed by atoms with Gasteiger partial charge in [0, 0.05) is 22.8 Å². The van der Waals surface area contributed by atoms with Crippen LogP contribution < -0.4 is 5.32 Å². The summed E-state index contributed by atoms with van der Waals surface area (Å²) in [6, 6.07) is 5.26. The lowest BCUT2D eigenvalue weighted by atomic mass is 10.2. The number of amides is 1. The first-order valence-corrected chi connectivity index (χ1v) is 9.25. The number of halogens is 1. The third-order valence-corrected chi connectivity index (χ3v) is 5.31. The average molecular weight is 372 g/mol. The molecule has 2 fully saturated rings. The SMILES string of the molecule is C[C@@H](NC(=O)[C@H]1C[C@@H]1c1nc2cc(Cl)ccc2[nH]1)c1nc(C2CC2)no1. The second kappa shape index (κ2) is 5.81. The van der Waals surface area contributed by atoms with Crippen LogP contribution in [0.25, 0.3) is 11.0 Å². The summed E-state index contributed by atoms with van der Waals surface area (Å²) in [4.78, 5) is 24.8. The Bertz CT molecular complexity index is 993. The Labute approximate surface area is 154 Å². The lowest BCUT2D eigenvalue weighted by Crippen LogP contribution is -2.28. The normalized spacial score (nSPS) is 23.2. The summed E-state index contributed by atoms with van der Waals surface area (Å²) in [6.07, 6.45) is 3.02. The van der Waals surface area contributed by atoms with Gasteiger partial charge in [-0.1, -0.05) is 16.8 Å². The zero-order valence-corrected chi connectivity index (χ0v) is 15.0. The van der Waals surface area contributed by atoms with E-state index in [2.05, 4.69) is 25.4 Å². The van der Waals surface area contributed by atoms with Crippen LogP contribution in [0.4, 0.5) is 0 Å². The first-order chi connectivity index (χ1) is 12.6. The molecule has 2 N–H and O–H groups in total. The van der Waals surface area contributed by atoms with Crippen molar-refractivity contribution in [2.45, 2.75) is 44.1 Å². The maximum atomic E-state index is 12.5. The molecule has 8 heteroatoms. The highest BCUT2D eigenvalue weighted by atomic mass is 35.5. The van der Waals surface area contributed by atoms with Crippen molar-refractivity contribution >= 4 is 28.5 Å². The number of rotatable bonds is 5. The van der Waals surface area contributed by atoms with E-state index in [1.165, 1.54) is 0 Å². The molecule has 0 aliphatic heterocycles. The van der Waals surface area contributed by atoms with Gasteiger partial charge in [-0.3, -0.25) is 4.79 Å². The number of benzene rings is 1. The summed E-state index contributed by atoms with van der Waals surface area (Å²) < 4.78 is 5.28. The standard InChI is InChI=1S/C18H18ClN5O2/c1-8(18-23-15(24-26-18)9-2-3-9)20-17(25)12-7-11(12)16-21-13-5-4-10(19)6-14(13)22-16/h4-6,8-9,11-12H,2-3,7H2,1H3,(H,20,25)(H,21,22)/t8-,11+,12+/m1/s1. The van der Waals surface area contributed by atoms with Gasteiger partial charge in [0.05, 0.1) is 11.0 Å². The zero-order chi connectivity index (χ0) is 17.8. The number of hydrogen-bond donors (Lipinski definition) is 2. The van der Waals surface area contributed by atoms with E-state index in [1.807, 2.05) is 25.1 Å². The fraction of sp³-hybridized carbons (Fsp3) is 0.444. The molecule has 134 valence electrons. The third kappa shape index (κ3) is 2.86. The summed E-state index contributed by atoms with van der Waals surface area (Å²) in [5.74, 6) is 2.51. The quantitative estimate of drug-likeness (QED) is 0.715. The molecule has 2 aliphatic carbocycles. The molecular formula is C18H18ClN5O2. The van der Waals surface area contributed by atoms with E-state index in [9.17, 15) is 4.79 Å². The van der Waals surface area contributed by atoms with Crippen molar-refractivity contribution in [3.63, 3.8) is 0 Å². The summed E-state index contributed by atoms with van der Waals surface area (Å²) in [5, 5.41) is 7.63. The largest absolute Gasteiger partial charge is 0.344 e. The molecule has 0 spiro atoms. The number of aromatic amines is 1. The van der Waals surface area contributed by atoms with Gasteiger partial charge >= 0.3 is 0 Å². The highest BCUT2D eigenvalue weighted by Crippen LogP contribution is 2.47. The van der Waals surface area contributed by atoms with Crippen LogP contribution in [-0.2, 0) is 4.79 Å². The molecule has 7 nitrogen and oxygen atoms in total. The maximum absolute atomic E-state index is 12.5. The molecule has 3 aromatic rings. The Morgan fingerprint density at radius 3 is 3.04 bits per heavy atom. The summed E-state index contributed by atoms with van der Waals surface area (Å²) in [5.41, 5.74) is 1.76. The van der Waals surface area contributed by atoms with Crippen molar-refractivity contribution in [2.24, 2.45) is 5.92 Å². The van der Waals surface area contributed by atoms with Crippen molar-refractivity contribution in [1.29, 1.82) is 0 Å². The topological polar surface area (TPSA) is 96.7 Å². The first-order valence-electron chi connectivity index (χ1n) is 8.87. The summed E-state index contributed by atoms with van der Waals surface area (Å²) >= 11 is 6.00. The van der Waals surface area contributed by atoms with Crippen molar-refractivity contribution in [1.82, 2.24) is 25.4 Å². The van der Waals surface area contributed by atoms with Gasteiger partial charge in [0.2, 0.25) is 11.8 Å². The molecule has 2 aromatic heterocycles. The lowest BCUT2D eigenvalue weighted by molar-refractivity contribution is -0.123. The molecule has 0 radical (unpaired) electrons. The molecule has 1 amide bonds. The fourth-order valence-corrected chi connectivity index (χ4v) is 3.44. The average Bonchev–Trinajstić information content (AvgIpc) is 3.53.